The number of para-hydroxylation sites is 2. The van der Waals surface area contributed by atoms with E-state index in [1.54, 1.807) is 18.2 Å². The number of nitrogens with one attached hydrogen (secondary N) is 1. The van der Waals surface area contributed by atoms with Gasteiger partial charge in [0.1, 0.15) is 5.69 Å². The van der Waals surface area contributed by atoms with Crippen LogP contribution in [0.4, 0.5) is 11.4 Å². The number of nitro benzene ring substituents is 1. The highest BCUT2D eigenvalue weighted by atomic mass is 16.6. The lowest BCUT2D eigenvalue weighted by Gasteiger charge is -2.35. The normalized spacial score (nSPS) is 14.5. The highest BCUT2D eigenvalue weighted by Gasteiger charge is 2.26. The topological polar surface area (TPSA) is 82.5 Å². The van der Waals surface area contributed by atoms with Crippen LogP contribution in [0.3, 0.4) is 0 Å². The molecule has 1 fully saturated rings. The standard InChI is InChI=1S/C21H22N4O3/c1-14-15(2)22-18-8-7-16(13-17(14)18)21(26)24-11-9-23(10-12-24)19-5-3-4-6-20(19)25(27)28/h3-8,13,22H,9-12H2,1-2H3. The molecule has 0 unspecified atom stereocenters. The van der Waals surface area contributed by atoms with Crippen molar-refractivity contribution in [3.63, 3.8) is 0 Å². The maximum atomic E-state index is 13.0. The number of fused-ring (bicyclic) bond motifs is 1. The van der Waals surface area contributed by atoms with Crippen LogP contribution in [0.1, 0.15) is 21.6 Å². The Hall–Kier alpha value is -3.35. The zero-order valence-electron chi connectivity index (χ0n) is 15.9. The van der Waals surface area contributed by atoms with Gasteiger partial charge in [0, 0.05) is 54.4 Å². The third-order valence-corrected chi connectivity index (χ3v) is 5.54. The molecule has 0 saturated carbocycles. The van der Waals surface area contributed by atoms with Gasteiger partial charge < -0.3 is 14.8 Å². The van der Waals surface area contributed by atoms with E-state index < -0.39 is 0 Å². The Morgan fingerprint density at radius 1 is 1.07 bits per heavy atom. The average molecular weight is 378 g/mol. The minimum atomic E-state index is -0.358. The van der Waals surface area contributed by atoms with Crippen molar-refractivity contribution in [3.05, 3.63) is 69.4 Å². The van der Waals surface area contributed by atoms with Gasteiger partial charge in [-0.25, -0.2) is 0 Å². The Kier molecular flexibility index (Phi) is 4.50. The van der Waals surface area contributed by atoms with Crippen LogP contribution in [0.25, 0.3) is 10.9 Å². The van der Waals surface area contributed by atoms with Crippen LogP contribution in [0.15, 0.2) is 42.5 Å². The predicted molar refractivity (Wildman–Crippen MR) is 109 cm³/mol. The first kappa shape index (κ1) is 18.0. The number of nitro groups is 1. The summed E-state index contributed by atoms with van der Waals surface area (Å²) in [5.41, 5.74) is 4.69. The van der Waals surface area contributed by atoms with Crippen molar-refractivity contribution in [1.82, 2.24) is 9.88 Å². The second kappa shape index (κ2) is 6.99. The van der Waals surface area contributed by atoms with Crippen molar-refractivity contribution in [3.8, 4) is 0 Å². The van der Waals surface area contributed by atoms with Crippen molar-refractivity contribution in [2.45, 2.75) is 13.8 Å². The van der Waals surface area contributed by atoms with Crippen LogP contribution < -0.4 is 4.90 Å². The Morgan fingerprint density at radius 3 is 2.50 bits per heavy atom. The molecule has 2 heterocycles. The van der Waals surface area contributed by atoms with Gasteiger partial charge in [0.15, 0.2) is 0 Å². The highest BCUT2D eigenvalue weighted by Crippen LogP contribution is 2.29. The number of carbonyl (C=O) groups is 1. The van der Waals surface area contributed by atoms with E-state index >= 15 is 0 Å². The fourth-order valence-corrected chi connectivity index (χ4v) is 3.81. The van der Waals surface area contributed by atoms with Crippen molar-refractivity contribution < 1.29 is 9.72 Å². The minimum absolute atomic E-state index is 0.00219. The van der Waals surface area contributed by atoms with E-state index in [0.717, 1.165) is 22.2 Å². The van der Waals surface area contributed by atoms with Crippen molar-refractivity contribution in [1.29, 1.82) is 0 Å². The molecule has 0 aliphatic carbocycles. The molecule has 0 spiro atoms. The summed E-state index contributed by atoms with van der Waals surface area (Å²) in [6, 6.07) is 12.5. The first-order chi connectivity index (χ1) is 13.5. The monoisotopic (exact) mass is 378 g/mol. The molecule has 1 saturated heterocycles. The zero-order chi connectivity index (χ0) is 19.8. The summed E-state index contributed by atoms with van der Waals surface area (Å²) in [5, 5.41) is 12.3. The number of aromatic nitrogens is 1. The number of nitrogens with zero attached hydrogens (tertiary/aromatic N) is 3. The Bertz CT molecular complexity index is 1060. The second-order valence-electron chi connectivity index (χ2n) is 7.16. The van der Waals surface area contributed by atoms with Gasteiger partial charge in [0.2, 0.25) is 0 Å². The molecule has 7 heteroatoms. The maximum absolute atomic E-state index is 13.0. The number of piperazine rings is 1. The largest absolute Gasteiger partial charge is 0.362 e. The number of hydrogen-bond donors (Lipinski definition) is 1. The van der Waals surface area contributed by atoms with Gasteiger partial charge in [-0.2, -0.15) is 0 Å². The first-order valence-electron chi connectivity index (χ1n) is 9.32. The summed E-state index contributed by atoms with van der Waals surface area (Å²) in [6.45, 7) is 6.29. The number of aromatic amines is 1. The summed E-state index contributed by atoms with van der Waals surface area (Å²) in [6.07, 6.45) is 0. The molecule has 2 aromatic carbocycles. The minimum Gasteiger partial charge on any atom is -0.362 e. The zero-order valence-corrected chi connectivity index (χ0v) is 15.9. The van der Waals surface area contributed by atoms with Crippen molar-refractivity contribution in [2.24, 2.45) is 0 Å². The second-order valence-corrected chi connectivity index (χ2v) is 7.16. The number of hydrogen-bond acceptors (Lipinski definition) is 4. The number of carbonyl (C=O) groups excluding carboxylic acids is 1. The van der Waals surface area contributed by atoms with Crippen LogP contribution >= 0.6 is 0 Å². The summed E-state index contributed by atoms with van der Waals surface area (Å²) in [7, 11) is 0. The van der Waals surface area contributed by atoms with Crippen molar-refractivity contribution in [2.75, 3.05) is 31.1 Å². The summed E-state index contributed by atoms with van der Waals surface area (Å²) < 4.78 is 0. The van der Waals surface area contributed by atoms with Gasteiger partial charge >= 0.3 is 0 Å². The molecule has 1 aliphatic heterocycles. The van der Waals surface area contributed by atoms with Gasteiger partial charge in [-0.1, -0.05) is 12.1 Å². The first-order valence-corrected chi connectivity index (χ1v) is 9.32. The SMILES string of the molecule is Cc1[nH]c2ccc(C(=O)N3CCN(c4ccccc4[N+](=O)[O-])CC3)cc2c1C. The van der Waals surface area contributed by atoms with E-state index in [0.29, 0.717) is 37.4 Å². The average Bonchev–Trinajstić information content (AvgIpc) is 3.01. The number of anilines is 1. The van der Waals surface area contributed by atoms with Crippen LogP contribution in [-0.4, -0.2) is 46.9 Å². The van der Waals surface area contributed by atoms with Crippen molar-refractivity contribution >= 4 is 28.2 Å². The highest BCUT2D eigenvalue weighted by molar-refractivity contribution is 5.99. The fraction of sp³-hybridized carbons (Fsp3) is 0.286. The molecule has 28 heavy (non-hydrogen) atoms. The van der Waals surface area contributed by atoms with Gasteiger partial charge in [-0.3, -0.25) is 14.9 Å². The molecule has 1 aromatic heterocycles. The molecule has 0 atom stereocenters. The lowest BCUT2D eigenvalue weighted by atomic mass is 10.1. The summed E-state index contributed by atoms with van der Waals surface area (Å²) in [4.78, 5) is 31.0. The summed E-state index contributed by atoms with van der Waals surface area (Å²) >= 11 is 0. The number of amides is 1. The number of H-pyrrole nitrogens is 1. The third kappa shape index (κ3) is 3.09. The van der Waals surface area contributed by atoms with Crippen LogP contribution in [-0.2, 0) is 0 Å². The van der Waals surface area contributed by atoms with Crippen LogP contribution in [0, 0.1) is 24.0 Å². The van der Waals surface area contributed by atoms with E-state index in [2.05, 4.69) is 4.98 Å². The molecule has 0 radical (unpaired) electrons. The van der Waals surface area contributed by atoms with E-state index in [1.807, 2.05) is 41.8 Å². The third-order valence-electron chi connectivity index (χ3n) is 5.54. The lowest BCUT2D eigenvalue weighted by molar-refractivity contribution is -0.384. The van der Waals surface area contributed by atoms with Crippen LogP contribution in [0.2, 0.25) is 0 Å². The quantitative estimate of drug-likeness (QED) is 0.557. The maximum Gasteiger partial charge on any atom is 0.292 e. The smallest absolute Gasteiger partial charge is 0.292 e. The molecule has 4 rings (SSSR count). The molecule has 1 N–H and O–H groups in total. The molecule has 7 nitrogen and oxygen atoms in total. The molecular formula is C21H22N4O3. The Labute approximate surface area is 162 Å². The number of rotatable bonds is 3. The van der Waals surface area contributed by atoms with E-state index in [9.17, 15) is 14.9 Å². The number of aryl methyl sites for hydroxylation is 2. The molecule has 0 bridgehead atoms. The van der Waals surface area contributed by atoms with Gasteiger partial charge in [0.25, 0.3) is 11.6 Å². The molecular weight excluding hydrogens is 356 g/mol. The van der Waals surface area contributed by atoms with Gasteiger partial charge in [-0.15, -0.1) is 0 Å². The Balaban J connectivity index is 1.50. The predicted octanol–water partition coefficient (Wildman–Crippen LogP) is 3.66. The fourth-order valence-electron chi connectivity index (χ4n) is 3.81. The van der Waals surface area contributed by atoms with Crippen LogP contribution in [0.5, 0.6) is 0 Å². The lowest BCUT2D eigenvalue weighted by Crippen LogP contribution is -2.48. The van der Waals surface area contributed by atoms with Gasteiger partial charge in [0.05, 0.1) is 4.92 Å². The molecule has 1 aliphatic rings. The van der Waals surface area contributed by atoms with E-state index in [-0.39, 0.29) is 16.5 Å². The van der Waals surface area contributed by atoms with E-state index in [4.69, 9.17) is 0 Å². The number of benzene rings is 2. The molecule has 3 aromatic rings. The molecule has 144 valence electrons. The van der Waals surface area contributed by atoms with Gasteiger partial charge in [-0.05, 0) is 43.7 Å². The molecule has 1 amide bonds. The summed E-state index contributed by atoms with van der Waals surface area (Å²) in [5.74, 6) is 0.00219. The van der Waals surface area contributed by atoms with E-state index in [1.165, 1.54) is 6.07 Å². The Morgan fingerprint density at radius 2 is 1.79 bits per heavy atom.